The van der Waals surface area contributed by atoms with E-state index in [1.165, 1.54) is 0 Å². The Hall–Kier alpha value is -1.71. The number of ether oxygens (including phenoxy) is 3. The first-order valence-corrected chi connectivity index (χ1v) is 6.45. The average molecular weight is 266 g/mol. The van der Waals surface area contributed by atoms with Gasteiger partial charge >= 0.3 is 5.97 Å². The molecule has 1 aromatic rings. The minimum absolute atomic E-state index is 0.0100. The molecule has 0 saturated heterocycles. The monoisotopic (exact) mass is 266 g/mol. The van der Waals surface area contributed by atoms with Gasteiger partial charge < -0.3 is 14.2 Å². The number of esters is 1. The van der Waals surface area contributed by atoms with Gasteiger partial charge in [-0.15, -0.1) is 0 Å². The number of carbonyl (C=O) groups is 1. The second-order valence-corrected chi connectivity index (χ2v) is 5.02. The van der Waals surface area contributed by atoms with Crippen LogP contribution in [0.3, 0.4) is 0 Å². The molecule has 106 valence electrons. The molecule has 1 rings (SSSR count). The zero-order valence-electron chi connectivity index (χ0n) is 12.2. The van der Waals surface area contributed by atoms with Gasteiger partial charge in [0.2, 0.25) is 0 Å². The molecule has 4 heteroatoms. The van der Waals surface area contributed by atoms with Gasteiger partial charge in [-0.3, -0.25) is 0 Å². The fourth-order valence-electron chi connectivity index (χ4n) is 1.48. The van der Waals surface area contributed by atoms with Gasteiger partial charge in [0.05, 0.1) is 25.4 Å². The molecule has 0 spiro atoms. The van der Waals surface area contributed by atoms with Crippen molar-refractivity contribution in [3.63, 3.8) is 0 Å². The van der Waals surface area contributed by atoms with E-state index in [9.17, 15) is 4.79 Å². The van der Waals surface area contributed by atoms with Gasteiger partial charge in [-0.05, 0) is 38.0 Å². The molecule has 4 nitrogen and oxygen atoms in total. The Labute approximate surface area is 114 Å². The summed E-state index contributed by atoms with van der Waals surface area (Å²) in [7, 11) is 1.57. The van der Waals surface area contributed by atoms with E-state index in [0.29, 0.717) is 29.6 Å². The lowest BCUT2D eigenvalue weighted by Crippen LogP contribution is -2.11. The molecular formula is C15H22O4. The highest BCUT2D eigenvalue weighted by molar-refractivity contribution is 5.90. The molecule has 0 aliphatic carbocycles. The van der Waals surface area contributed by atoms with Crippen molar-refractivity contribution >= 4 is 5.97 Å². The molecule has 1 aromatic carbocycles. The van der Waals surface area contributed by atoms with Crippen LogP contribution >= 0.6 is 0 Å². The zero-order chi connectivity index (χ0) is 14.4. The van der Waals surface area contributed by atoms with Gasteiger partial charge in [0.25, 0.3) is 0 Å². The quantitative estimate of drug-likeness (QED) is 0.741. The smallest absolute Gasteiger partial charge is 0.338 e. The summed E-state index contributed by atoms with van der Waals surface area (Å²) in [5, 5.41) is 0. The molecule has 0 atom stereocenters. The normalized spacial score (nSPS) is 10.7. The van der Waals surface area contributed by atoms with Gasteiger partial charge in [0.1, 0.15) is 0 Å². The van der Waals surface area contributed by atoms with Crippen molar-refractivity contribution in [2.75, 3.05) is 13.7 Å². The van der Waals surface area contributed by atoms with E-state index >= 15 is 0 Å². The van der Waals surface area contributed by atoms with Crippen molar-refractivity contribution in [1.29, 1.82) is 0 Å². The summed E-state index contributed by atoms with van der Waals surface area (Å²) < 4.78 is 16.0. The van der Waals surface area contributed by atoms with Gasteiger partial charge in [-0.25, -0.2) is 4.79 Å². The highest BCUT2D eigenvalue weighted by Gasteiger charge is 2.13. The van der Waals surface area contributed by atoms with Gasteiger partial charge in [-0.2, -0.15) is 0 Å². The van der Waals surface area contributed by atoms with Gasteiger partial charge in [-0.1, -0.05) is 13.8 Å². The van der Waals surface area contributed by atoms with Crippen molar-refractivity contribution < 1.29 is 19.0 Å². The summed E-state index contributed by atoms with van der Waals surface area (Å²) in [6.07, 6.45) is 0.0100. The highest BCUT2D eigenvalue weighted by Crippen LogP contribution is 2.29. The summed E-state index contributed by atoms with van der Waals surface area (Å²) in [5.41, 5.74) is 0.470. The third-order valence-electron chi connectivity index (χ3n) is 2.31. The number of hydrogen-bond donors (Lipinski definition) is 0. The lowest BCUT2D eigenvalue weighted by Gasteiger charge is -2.14. The largest absolute Gasteiger partial charge is 0.493 e. The third kappa shape index (κ3) is 4.81. The average Bonchev–Trinajstić information content (AvgIpc) is 2.35. The predicted octanol–water partition coefficient (Wildman–Crippen LogP) is 3.30. The van der Waals surface area contributed by atoms with E-state index in [2.05, 4.69) is 0 Å². The van der Waals surface area contributed by atoms with E-state index in [1.54, 1.807) is 25.3 Å². The Bertz CT molecular complexity index is 424. The topological polar surface area (TPSA) is 44.8 Å². The third-order valence-corrected chi connectivity index (χ3v) is 2.31. The molecule has 0 unspecified atom stereocenters. The molecule has 0 saturated carbocycles. The van der Waals surface area contributed by atoms with Gasteiger partial charge in [0.15, 0.2) is 11.5 Å². The Balaban J connectivity index is 2.87. The Morgan fingerprint density at radius 3 is 2.37 bits per heavy atom. The molecule has 0 aliphatic heterocycles. The maximum Gasteiger partial charge on any atom is 0.338 e. The van der Waals surface area contributed by atoms with Crippen LogP contribution < -0.4 is 9.47 Å². The van der Waals surface area contributed by atoms with Crippen LogP contribution in [-0.2, 0) is 4.74 Å². The molecular weight excluding hydrogens is 244 g/mol. The van der Waals surface area contributed by atoms with Crippen LogP contribution in [-0.4, -0.2) is 25.8 Å². The zero-order valence-corrected chi connectivity index (χ0v) is 12.2. The number of carbonyl (C=O) groups excluding carboxylic acids is 1. The lowest BCUT2D eigenvalue weighted by molar-refractivity contribution is 0.0458. The summed E-state index contributed by atoms with van der Waals surface area (Å²) in [6.45, 7) is 8.24. The van der Waals surface area contributed by atoms with E-state index in [1.807, 2.05) is 27.7 Å². The maximum absolute atomic E-state index is 11.9. The number of hydrogen-bond acceptors (Lipinski definition) is 4. The van der Waals surface area contributed by atoms with Crippen LogP contribution in [0.1, 0.15) is 38.1 Å². The molecule has 0 N–H and O–H groups in total. The lowest BCUT2D eigenvalue weighted by atomic mass is 10.2. The fraction of sp³-hybridized carbons (Fsp3) is 0.533. The van der Waals surface area contributed by atoms with Crippen LogP contribution in [0.2, 0.25) is 0 Å². The summed E-state index contributed by atoms with van der Waals surface area (Å²) >= 11 is 0. The molecule has 0 aliphatic rings. The van der Waals surface area contributed by atoms with E-state index in [-0.39, 0.29) is 12.1 Å². The summed E-state index contributed by atoms with van der Waals surface area (Å²) in [5.74, 6) is 1.13. The molecule has 0 fully saturated rings. The summed E-state index contributed by atoms with van der Waals surface area (Å²) in [6, 6.07) is 5.04. The predicted molar refractivity (Wildman–Crippen MR) is 73.9 cm³/mol. The van der Waals surface area contributed by atoms with Crippen LogP contribution in [0.5, 0.6) is 11.5 Å². The maximum atomic E-state index is 11.9. The molecule has 0 bridgehead atoms. The van der Waals surface area contributed by atoms with Crippen LogP contribution in [0.4, 0.5) is 0 Å². The second-order valence-electron chi connectivity index (χ2n) is 5.02. The van der Waals surface area contributed by atoms with Gasteiger partial charge in [0, 0.05) is 0 Å². The molecule has 0 aromatic heterocycles. The minimum atomic E-state index is -0.343. The summed E-state index contributed by atoms with van der Waals surface area (Å²) in [4.78, 5) is 11.9. The van der Waals surface area contributed by atoms with Crippen molar-refractivity contribution in [2.24, 2.45) is 5.92 Å². The highest BCUT2D eigenvalue weighted by atomic mass is 16.5. The van der Waals surface area contributed by atoms with E-state index in [4.69, 9.17) is 14.2 Å². The standard InChI is InChI=1S/C15H22O4/c1-10(2)9-18-15(16)12-6-7-13(17-5)14(8-12)19-11(3)4/h6-8,10-11H,9H2,1-5H3. The van der Waals surface area contributed by atoms with Crippen molar-refractivity contribution in [2.45, 2.75) is 33.8 Å². The first kappa shape index (κ1) is 15.3. The van der Waals surface area contributed by atoms with Crippen LogP contribution in [0.15, 0.2) is 18.2 Å². The van der Waals surface area contributed by atoms with Crippen LogP contribution in [0, 0.1) is 5.92 Å². The number of methoxy groups -OCH3 is 1. The van der Waals surface area contributed by atoms with E-state index < -0.39 is 0 Å². The van der Waals surface area contributed by atoms with Crippen molar-refractivity contribution in [1.82, 2.24) is 0 Å². The molecule has 0 radical (unpaired) electrons. The first-order chi connectivity index (χ1) is 8.93. The Kier molecular flexibility index (Phi) is 5.67. The van der Waals surface area contributed by atoms with Crippen molar-refractivity contribution in [3.8, 4) is 11.5 Å². The Morgan fingerprint density at radius 1 is 1.16 bits per heavy atom. The number of benzene rings is 1. The second kappa shape index (κ2) is 7.02. The minimum Gasteiger partial charge on any atom is -0.493 e. The number of rotatable bonds is 6. The fourth-order valence-corrected chi connectivity index (χ4v) is 1.48. The molecule has 19 heavy (non-hydrogen) atoms. The van der Waals surface area contributed by atoms with E-state index in [0.717, 1.165) is 0 Å². The first-order valence-electron chi connectivity index (χ1n) is 6.45. The Morgan fingerprint density at radius 2 is 1.84 bits per heavy atom. The molecule has 0 heterocycles. The van der Waals surface area contributed by atoms with Crippen LogP contribution in [0.25, 0.3) is 0 Å². The SMILES string of the molecule is COc1ccc(C(=O)OCC(C)C)cc1OC(C)C. The molecule has 0 amide bonds. The van der Waals surface area contributed by atoms with Crippen molar-refractivity contribution in [3.05, 3.63) is 23.8 Å².